The lowest BCUT2D eigenvalue weighted by Gasteiger charge is -1.96. The molecule has 4 heteroatoms. The zero-order valence-electron chi connectivity index (χ0n) is 7.91. The highest BCUT2D eigenvalue weighted by atomic mass is 79.9. The number of imidazole rings is 1. The molecule has 3 nitrogen and oxygen atoms in total. The number of halogens is 1. The number of rotatable bonds is 1. The van der Waals surface area contributed by atoms with Crippen LogP contribution in [0, 0.1) is 6.92 Å². The summed E-state index contributed by atoms with van der Waals surface area (Å²) in [6.45, 7) is 1.94. The van der Waals surface area contributed by atoms with E-state index in [0.29, 0.717) is 5.56 Å². The second-order valence-corrected chi connectivity index (χ2v) is 3.92. The Balaban J connectivity index is 2.73. The van der Waals surface area contributed by atoms with Crippen LogP contribution in [0.4, 0.5) is 0 Å². The molecular formula is C10H9BrN2O. The Hall–Kier alpha value is -1.16. The standard InChI is InChI=1S/C10H9BrN2O/c1-6-12-8-5-7(10(11)14)3-4-9(8)13(6)2/h3-5H,1-2H3. The highest BCUT2D eigenvalue weighted by molar-refractivity contribution is 9.18. The molecule has 14 heavy (non-hydrogen) atoms. The summed E-state index contributed by atoms with van der Waals surface area (Å²) in [6.07, 6.45) is 0. The van der Waals surface area contributed by atoms with Crippen molar-refractivity contribution in [2.75, 3.05) is 0 Å². The van der Waals surface area contributed by atoms with Gasteiger partial charge in [-0.05, 0) is 41.1 Å². The number of carbonyl (C=O) groups excluding carboxylic acids is 1. The van der Waals surface area contributed by atoms with E-state index in [1.807, 2.05) is 24.6 Å². The quantitative estimate of drug-likeness (QED) is 0.731. The Morgan fingerprint density at radius 1 is 1.50 bits per heavy atom. The monoisotopic (exact) mass is 252 g/mol. The number of aromatic nitrogens is 2. The van der Waals surface area contributed by atoms with Crippen LogP contribution in [0.5, 0.6) is 0 Å². The minimum atomic E-state index is -0.109. The lowest BCUT2D eigenvalue weighted by molar-refractivity contribution is 0.109. The molecule has 0 N–H and O–H groups in total. The fraction of sp³-hybridized carbons (Fsp3) is 0.200. The van der Waals surface area contributed by atoms with Crippen molar-refractivity contribution >= 4 is 31.7 Å². The van der Waals surface area contributed by atoms with Crippen molar-refractivity contribution in [2.24, 2.45) is 7.05 Å². The van der Waals surface area contributed by atoms with Crippen molar-refractivity contribution in [3.05, 3.63) is 29.6 Å². The number of carbonyl (C=O) groups is 1. The molecule has 0 radical (unpaired) electrons. The highest BCUT2D eigenvalue weighted by Gasteiger charge is 2.07. The first-order valence-electron chi connectivity index (χ1n) is 4.22. The second kappa shape index (κ2) is 3.20. The molecule has 0 aliphatic rings. The lowest BCUT2D eigenvalue weighted by atomic mass is 10.2. The summed E-state index contributed by atoms with van der Waals surface area (Å²) < 4.78 is 1.89. The van der Waals surface area contributed by atoms with E-state index in [0.717, 1.165) is 16.9 Å². The van der Waals surface area contributed by atoms with E-state index in [-0.39, 0.29) is 4.69 Å². The van der Waals surface area contributed by atoms with Gasteiger partial charge in [-0.15, -0.1) is 0 Å². The van der Waals surface area contributed by atoms with Crippen molar-refractivity contribution in [3.8, 4) is 0 Å². The fourth-order valence-corrected chi connectivity index (χ4v) is 1.69. The summed E-state index contributed by atoms with van der Waals surface area (Å²) in [6, 6.07) is 5.49. The molecule has 2 aromatic rings. The van der Waals surface area contributed by atoms with Crippen LogP contribution >= 0.6 is 15.9 Å². The average molecular weight is 253 g/mol. The number of nitrogens with zero attached hydrogens (tertiary/aromatic N) is 2. The summed E-state index contributed by atoms with van der Waals surface area (Å²) >= 11 is 2.92. The first-order chi connectivity index (χ1) is 6.59. The number of fused-ring (bicyclic) bond motifs is 1. The molecule has 0 saturated carbocycles. The summed E-state index contributed by atoms with van der Waals surface area (Å²) in [5.74, 6) is 0.944. The van der Waals surface area contributed by atoms with Crippen molar-refractivity contribution in [3.63, 3.8) is 0 Å². The van der Waals surface area contributed by atoms with Crippen molar-refractivity contribution in [2.45, 2.75) is 6.92 Å². The van der Waals surface area contributed by atoms with E-state index < -0.39 is 0 Å². The van der Waals surface area contributed by atoms with Gasteiger partial charge in [0.1, 0.15) is 5.82 Å². The first kappa shape index (κ1) is 9.40. The Morgan fingerprint density at radius 3 is 2.86 bits per heavy atom. The topological polar surface area (TPSA) is 34.9 Å². The van der Waals surface area contributed by atoms with Crippen LogP contribution in [-0.2, 0) is 7.05 Å². The Labute approximate surface area is 89.9 Å². The Bertz CT molecular complexity index is 516. The number of benzene rings is 1. The molecule has 2 rings (SSSR count). The Kier molecular flexibility index (Phi) is 2.15. The molecule has 0 saturated heterocycles. The lowest BCUT2D eigenvalue weighted by Crippen LogP contribution is -1.91. The maximum Gasteiger partial charge on any atom is 0.228 e. The van der Waals surface area contributed by atoms with Gasteiger partial charge < -0.3 is 4.57 Å². The maximum absolute atomic E-state index is 11.1. The van der Waals surface area contributed by atoms with Crippen LogP contribution in [0.25, 0.3) is 11.0 Å². The second-order valence-electron chi connectivity index (χ2n) is 3.20. The van der Waals surface area contributed by atoms with Gasteiger partial charge in [-0.3, -0.25) is 4.79 Å². The molecule has 0 aliphatic heterocycles. The molecule has 0 aliphatic carbocycles. The fourth-order valence-electron chi connectivity index (χ4n) is 1.44. The molecule has 1 aromatic heterocycles. The summed E-state index contributed by atoms with van der Waals surface area (Å²) in [4.78, 5) is 15.4. The smallest absolute Gasteiger partial charge is 0.228 e. The van der Waals surface area contributed by atoms with E-state index in [9.17, 15) is 4.79 Å². The van der Waals surface area contributed by atoms with E-state index in [1.54, 1.807) is 12.1 Å². The average Bonchev–Trinajstić information content (AvgIpc) is 2.42. The van der Waals surface area contributed by atoms with E-state index in [4.69, 9.17) is 0 Å². The van der Waals surface area contributed by atoms with Crippen molar-refractivity contribution in [1.29, 1.82) is 0 Å². The third-order valence-electron chi connectivity index (χ3n) is 2.33. The highest BCUT2D eigenvalue weighted by Crippen LogP contribution is 2.17. The number of aryl methyl sites for hydroxylation is 2. The minimum Gasteiger partial charge on any atom is -0.331 e. The zero-order valence-corrected chi connectivity index (χ0v) is 9.50. The summed E-state index contributed by atoms with van der Waals surface area (Å²) in [5.41, 5.74) is 2.53. The third-order valence-corrected chi connectivity index (χ3v) is 2.79. The van der Waals surface area contributed by atoms with Gasteiger partial charge in [0.05, 0.1) is 11.0 Å². The molecule has 0 unspecified atom stereocenters. The van der Waals surface area contributed by atoms with Crippen LogP contribution in [0.15, 0.2) is 18.2 Å². The van der Waals surface area contributed by atoms with Crippen LogP contribution in [0.1, 0.15) is 16.2 Å². The molecule has 0 fully saturated rings. The maximum atomic E-state index is 11.1. The van der Waals surface area contributed by atoms with Crippen molar-refractivity contribution in [1.82, 2.24) is 9.55 Å². The minimum absolute atomic E-state index is 0.109. The van der Waals surface area contributed by atoms with Gasteiger partial charge in [0, 0.05) is 12.6 Å². The van der Waals surface area contributed by atoms with Gasteiger partial charge in [-0.1, -0.05) is 0 Å². The summed E-state index contributed by atoms with van der Waals surface area (Å²) in [5, 5.41) is 0. The van der Waals surface area contributed by atoms with Gasteiger partial charge in [0.15, 0.2) is 0 Å². The van der Waals surface area contributed by atoms with Gasteiger partial charge >= 0.3 is 0 Å². The number of hydrogen-bond acceptors (Lipinski definition) is 2. The van der Waals surface area contributed by atoms with Crippen LogP contribution in [0.2, 0.25) is 0 Å². The molecule has 72 valence electrons. The van der Waals surface area contributed by atoms with Gasteiger partial charge in [0.25, 0.3) is 0 Å². The number of hydrogen-bond donors (Lipinski definition) is 0. The normalized spacial score (nSPS) is 10.8. The van der Waals surface area contributed by atoms with Gasteiger partial charge in [-0.25, -0.2) is 4.98 Å². The molecule has 0 spiro atoms. The largest absolute Gasteiger partial charge is 0.331 e. The molecule has 1 aromatic carbocycles. The van der Waals surface area contributed by atoms with Crippen molar-refractivity contribution < 1.29 is 4.79 Å². The predicted octanol–water partition coefficient (Wildman–Crippen LogP) is 2.42. The van der Waals surface area contributed by atoms with Gasteiger partial charge in [-0.2, -0.15) is 0 Å². The SMILES string of the molecule is Cc1nc2cc(C(=O)Br)ccc2n1C. The first-order valence-corrected chi connectivity index (χ1v) is 5.02. The molecule has 0 atom stereocenters. The zero-order chi connectivity index (χ0) is 10.3. The van der Waals surface area contributed by atoms with E-state index >= 15 is 0 Å². The Morgan fingerprint density at radius 2 is 2.21 bits per heavy atom. The summed E-state index contributed by atoms with van der Waals surface area (Å²) in [7, 11) is 1.96. The van der Waals surface area contributed by atoms with E-state index in [1.165, 1.54) is 0 Å². The van der Waals surface area contributed by atoms with E-state index in [2.05, 4.69) is 20.9 Å². The van der Waals surface area contributed by atoms with Gasteiger partial charge in [0.2, 0.25) is 4.69 Å². The predicted molar refractivity (Wildman–Crippen MR) is 58.7 cm³/mol. The van der Waals surface area contributed by atoms with Crippen LogP contribution in [-0.4, -0.2) is 14.2 Å². The molecular weight excluding hydrogens is 244 g/mol. The van der Waals surface area contributed by atoms with Crippen LogP contribution < -0.4 is 0 Å². The molecule has 1 heterocycles. The third kappa shape index (κ3) is 1.35. The van der Waals surface area contributed by atoms with Crippen LogP contribution in [0.3, 0.4) is 0 Å². The molecule has 0 bridgehead atoms. The molecule has 0 amide bonds.